The molecule has 6 heteroatoms. The lowest BCUT2D eigenvalue weighted by Gasteiger charge is -2.07. The van der Waals surface area contributed by atoms with E-state index in [1.54, 1.807) is 29.3 Å². The van der Waals surface area contributed by atoms with Gasteiger partial charge in [-0.15, -0.1) is 0 Å². The quantitative estimate of drug-likeness (QED) is 0.595. The van der Waals surface area contributed by atoms with Crippen molar-refractivity contribution in [3.63, 3.8) is 0 Å². The molecular formula is C21H17N5O. The van der Waals surface area contributed by atoms with E-state index in [2.05, 4.69) is 32.5 Å². The van der Waals surface area contributed by atoms with Crippen molar-refractivity contribution in [1.82, 2.24) is 19.7 Å². The Balaban J connectivity index is 1.38. The van der Waals surface area contributed by atoms with Crippen molar-refractivity contribution in [2.45, 2.75) is 6.42 Å². The largest absolute Gasteiger partial charge is 0.324 e. The Kier molecular flexibility index (Phi) is 4.70. The summed E-state index contributed by atoms with van der Waals surface area (Å²) in [5.41, 5.74) is 3.89. The first-order valence-corrected chi connectivity index (χ1v) is 8.53. The van der Waals surface area contributed by atoms with Crippen LogP contribution >= 0.6 is 0 Å². The topological polar surface area (TPSA) is 72.7 Å². The van der Waals surface area contributed by atoms with Gasteiger partial charge in [0.1, 0.15) is 12.7 Å². The molecule has 0 aliphatic heterocycles. The summed E-state index contributed by atoms with van der Waals surface area (Å²) in [5, 5.41) is 6.88. The molecule has 0 aliphatic carbocycles. The lowest BCUT2D eigenvalue weighted by Crippen LogP contribution is -2.14. The lowest BCUT2D eigenvalue weighted by atomic mass is 10.0. The van der Waals surface area contributed by atoms with Crippen molar-refractivity contribution in [1.29, 1.82) is 0 Å². The number of anilines is 1. The van der Waals surface area contributed by atoms with E-state index < -0.39 is 0 Å². The van der Waals surface area contributed by atoms with Crippen molar-refractivity contribution in [2.24, 2.45) is 0 Å². The molecule has 6 nitrogen and oxygen atoms in total. The van der Waals surface area contributed by atoms with Crippen LogP contribution in [-0.4, -0.2) is 25.7 Å². The second-order valence-electron chi connectivity index (χ2n) is 6.03. The maximum atomic E-state index is 12.3. The highest BCUT2D eigenvalue weighted by Gasteiger charge is 2.06. The number of amides is 1. The van der Waals surface area contributed by atoms with Gasteiger partial charge in [0.15, 0.2) is 5.82 Å². The van der Waals surface area contributed by atoms with Gasteiger partial charge in [0.25, 0.3) is 0 Å². The van der Waals surface area contributed by atoms with Gasteiger partial charge in [-0.05, 0) is 28.8 Å². The highest BCUT2D eigenvalue weighted by Crippen LogP contribution is 2.19. The van der Waals surface area contributed by atoms with Gasteiger partial charge in [-0.2, -0.15) is 5.10 Å². The first-order valence-electron chi connectivity index (χ1n) is 8.53. The minimum absolute atomic E-state index is 0.0854. The Labute approximate surface area is 156 Å². The van der Waals surface area contributed by atoms with Crippen LogP contribution in [0.1, 0.15) is 5.56 Å². The number of nitrogens with one attached hydrogen (secondary N) is 1. The molecule has 0 unspecified atom stereocenters. The zero-order valence-electron chi connectivity index (χ0n) is 14.5. The average molecular weight is 355 g/mol. The van der Waals surface area contributed by atoms with Gasteiger partial charge in [-0.3, -0.25) is 4.79 Å². The summed E-state index contributed by atoms with van der Waals surface area (Å²) < 4.78 is 1.56. The van der Waals surface area contributed by atoms with Crippen LogP contribution in [0.4, 0.5) is 5.69 Å². The van der Waals surface area contributed by atoms with E-state index in [-0.39, 0.29) is 5.91 Å². The zero-order chi connectivity index (χ0) is 18.5. The normalized spacial score (nSPS) is 10.5. The van der Waals surface area contributed by atoms with Gasteiger partial charge in [0.2, 0.25) is 5.91 Å². The molecule has 2 aromatic heterocycles. The van der Waals surface area contributed by atoms with E-state index >= 15 is 0 Å². The van der Waals surface area contributed by atoms with E-state index in [0.29, 0.717) is 17.9 Å². The third-order valence-electron chi connectivity index (χ3n) is 4.11. The Morgan fingerprint density at radius 1 is 0.926 bits per heavy atom. The van der Waals surface area contributed by atoms with Crippen molar-refractivity contribution in [3.05, 3.63) is 91.1 Å². The van der Waals surface area contributed by atoms with Crippen LogP contribution in [0, 0.1) is 0 Å². The van der Waals surface area contributed by atoms with Gasteiger partial charge in [0, 0.05) is 0 Å². The number of nitrogens with zero attached hydrogens (tertiary/aromatic N) is 4. The van der Waals surface area contributed by atoms with Crippen LogP contribution < -0.4 is 5.32 Å². The molecule has 0 saturated carbocycles. The monoisotopic (exact) mass is 355 g/mol. The Bertz CT molecular complexity index is 1010. The summed E-state index contributed by atoms with van der Waals surface area (Å²) in [6, 6.07) is 21.8. The minimum atomic E-state index is -0.0854. The molecule has 0 spiro atoms. The maximum Gasteiger partial charge on any atom is 0.228 e. The fourth-order valence-electron chi connectivity index (χ4n) is 2.76. The third-order valence-corrected chi connectivity index (χ3v) is 4.11. The van der Waals surface area contributed by atoms with Crippen LogP contribution in [0.2, 0.25) is 0 Å². The molecule has 0 fully saturated rings. The summed E-state index contributed by atoms with van der Waals surface area (Å²) in [5.74, 6) is 0.555. The highest BCUT2D eigenvalue weighted by molar-refractivity contribution is 5.92. The number of aromatic nitrogens is 4. The van der Waals surface area contributed by atoms with Crippen LogP contribution in [0.15, 0.2) is 85.6 Å². The predicted octanol–water partition coefficient (Wildman–Crippen LogP) is 3.51. The highest BCUT2D eigenvalue weighted by atomic mass is 16.1. The number of carbonyl (C=O) groups excluding carboxylic acids is 1. The number of hydrogen-bond donors (Lipinski definition) is 1. The summed E-state index contributed by atoms with van der Waals surface area (Å²) in [7, 11) is 0. The zero-order valence-corrected chi connectivity index (χ0v) is 14.5. The van der Waals surface area contributed by atoms with Crippen LogP contribution in [0.25, 0.3) is 16.9 Å². The average Bonchev–Trinajstić information content (AvgIpc) is 3.25. The number of benzene rings is 2. The molecule has 132 valence electrons. The fraction of sp³-hybridized carbons (Fsp3) is 0.0476. The standard InChI is InChI=1S/C21H17N5O/c27-21(25-19-10-11-20(23-13-19)26-15-22-14-24-26)12-16-6-8-18(9-7-16)17-4-2-1-3-5-17/h1-11,13-15H,12H2,(H,25,27). The molecule has 4 rings (SSSR count). The molecule has 0 bridgehead atoms. The van der Waals surface area contributed by atoms with Gasteiger partial charge in [-0.25, -0.2) is 14.6 Å². The van der Waals surface area contributed by atoms with Crippen molar-refractivity contribution in [2.75, 3.05) is 5.32 Å². The molecular weight excluding hydrogens is 338 g/mol. The maximum absolute atomic E-state index is 12.3. The minimum Gasteiger partial charge on any atom is -0.324 e. The van der Waals surface area contributed by atoms with E-state index in [1.807, 2.05) is 42.5 Å². The van der Waals surface area contributed by atoms with Crippen LogP contribution in [0.5, 0.6) is 0 Å². The molecule has 4 aromatic rings. The summed E-state index contributed by atoms with van der Waals surface area (Å²) in [4.78, 5) is 20.4. The van der Waals surface area contributed by atoms with Gasteiger partial charge in [-0.1, -0.05) is 54.6 Å². The van der Waals surface area contributed by atoms with Crippen molar-refractivity contribution < 1.29 is 4.79 Å². The Hall–Kier alpha value is -3.80. The predicted molar refractivity (Wildman–Crippen MR) is 103 cm³/mol. The molecule has 0 radical (unpaired) electrons. The first-order chi connectivity index (χ1) is 13.3. The summed E-state index contributed by atoms with van der Waals surface area (Å²) >= 11 is 0. The third kappa shape index (κ3) is 4.07. The van der Waals surface area contributed by atoms with Gasteiger partial charge in [0.05, 0.1) is 18.3 Å². The first kappa shape index (κ1) is 16.7. The SMILES string of the molecule is O=C(Cc1ccc(-c2ccccc2)cc1)Nc1ccc(-n2cncn2)nc1. The molecule has 0 aliphatic rings. The molecule has 1 N–H and O–H groups in total. The van der Waals surface area contributed by atoms with E-state index in [4.69, 9.17) is 0 Å². The number of carbonyl (C=O) groups is 1. The van der Waals surface area contributed by atoms with Crippen LogP contribution in [0.3, 0.4) is 0 Å². The Morgan fingerprint density at radius 2 is 1.70 bits per heavy atom. The second-order valence-corrected chi connectivity index (χ2v) is 6.03. The fourth-order valence-corrected chi connectivity index (χ4v) is 2.76. The Morgan fingerprint density at radius 3 is 2.37 bits per heavy atom. The lowest BCUT2D eigenvalue weighted by molar-refractivity contribution is -0.115. The van der Waals surface area contributed by atoms with Gasteiger partial charge < -0.3 is 5.32 Å². The van der Waals surface area contributed by atoms with E-state index in [0.717, 1.165) is 16.7 Å². The number of rotatable bonds is 5. The molecule has 0 saturated heterocycles. The van der Waals surface area contributed by atoms with Crippen molar-refractivity contribution in [3.8, 4) is 16.9 Å². The van der Waals surface area contributed by atoms with Crippen molar-refractivity contribution >= 4 is 11.6 Å². The molecule has 0 atom stereocenters. The molecule has 27 heavy (non-hydrogen) atoms. The summed E-state index contributed by atoms with van der Waals surface area (Å²) in [6.45, 7) is 0. The molecule has 2 aromatic carbocycles. The number of hydrogen-bond acceptors (Lipinski definition) is 4. The van der Waals surface area contributed by atoms with E-state index in [9.17, 15) is 4.79 Å². The second kappa shape index (κ2) is 7.61. The van der Waals surface area contributed by atoms with Gasteiger partial charge >= 0.3 is 0 Å². The number of pyridine rings is 1. The molecule has 2 heterocycles. The molecule has 1 amide bonds. The summed E-state index contributed by atoms with van der Waals surface area (Å²) in [6.07, 6.45) is 4.92. The van der Waals surface area contributed by atoms with Crippen LogP contribution in [-0.2, 0) is 11.2 Å². The van der Waals surface area contributed by atoms with E-state index in [1.165, 1.54) is 6.33 Å². The smallest absolute Gasteiger partial charge is 0.228 e.